The molecule has 13 heteroatoms. The van der Waals surface area contributed by atoms with Gasteiger partial charge in [0.2, 0.25) is 5.91 Å². The van der Waals surface area contributed by atoms with Crippen molar-refractivity contribution >= 4 is 29.8 Å². The van der Waals surface area contributed by atoms with E-state index in [1.807, 2.05) is 6.08 Å². The molecule has 0 aromatic heterocycles. The van der Waals surface area contributed by atoms with Crippen LogP contribution in [-0.4, -0.2) is 91.0 Å². The van der Waals surface area contributed by atoms with E-state index in [1.165, 1.54) is 122 Å². The Morgan fingerprint density at radius 1 is 0.470 bits per heavy atom. The first kappa shape index (κ1) is 67.6. The topological polar surface area (TPSA) is 173 Å². The normalized spacial score (nSPS) is 17.6. The fourth-order valence-corrected chi connectivity index (χ4v) is 10.3. The van der Waals surface area contributed by atoms with Crippen molar-refractivity contribution < 1.29 is 57.5 Å². The SMILES string of the molecule is CCCCCCCCCCCCC/C=C/[C@@H](O)[C@H](CO[C@H]1OC(COC(=O)c2ccccc2)[C@@H](OC(=O)c2ccccc2)C(OC(=O)c2ccccc2)C1OC(=O)c1ccccc1)NC(=O)CCCCCCCCCCCCCCCCC. The van der Waals surface area contributed by atoms with Crippen molar-refractivity contribution in [3.8, 4) is 0 Å². The van der Waals surface area contributed by atoms with Crippen LogP contribution in [0, 0.1) is 0 Å². The number of hydrogen-bond donors (Lipinski definition) is 2. The molecule has 1 aliphatic rings. The molecule has 1 fully saturated rings. The molecule has 0 bridgehead atoms. The van der Waals surface area contributed by atoms with Gasteiger partial charge in [0.25, 0.3) is 0 Å². The molecule has 3 unspecified atom stereocenters. The van der Waals surface area contributed by atoms with Crippen molar-refractivity contribution in [2.75, 3.05) is 13.2 Å². The summed E-state index contributed by atoms with van der Waals surface area (Å²) in [5.74, 6) is -3.49. The molecular weight excluding hydrogens is 1050 g/mol. The van der Waals surface area contributed by atoms with Gasteiger partial charge in [-0.25, -0.2) is 19.2 Å². The summed E-state index contributed by atoms with van der Waals surface area (Å²) in [5, 5.41) is 14.9. The standard InChI is InChI=1S/C70H97NO12/c1-3-5-7-9-11-13-15-17-18-20-22-24-26-28-42-52-62(73)71-59(60(72)51-41-27-25-23-21-19-16-14-12-10-8-6-4-2)53-79-70-65(83-69(77)58-49-39-32-40-50-58)64(82-68(76)57-47-37-31-38-48-57)63(81-67(75)56-45-35-30-36-46-56)61(80-70)54-78-66(74)55-43-33-29-34-44-55/h29-41,43-51,59-61,63-65,70,72H,3-28,42,52-54H2,1-2H3,(H,71,73)/b51-41+/t59-,60+,61?,63+,64?,65?,70-/m0/s1. The molecule has 1 amide bonds. The van der Waals surface area contributed by atoms with E-state index < -0.39 is 73.3 Å². The number of unbranched alkanes of at least 4 members (excludes halogenated alkanes) is 25. The second-order valence-electron chi connectivity index (χ2n) is 22.2. The summed E-state index contributed by atoms with van der Waals surface area (Å²) in [7, 11) is 0. The summed E-state index contributed by atoms with van der Waals surface area (Å²) < 4.78 is 37.7. The highest BCUT2D eigenvalue weighted by atomic mass is 16.7. The second-order valence-corrected chi connectivity index (χ2v) is 22.2. The number of carbonyl (C=O) groups is 5. The van der Waals surface area contributed by atoms with E-state index in [1.54, 1.807) is 127 Å². The first-order valence-electron chi connectivity index (χ1n) is 31.6. The van der Waals surface area contributed by atoms with Crippen LogP contribution in [-0.2, 0) is 33.2 Å². The average Bonchev–Trinajstić information content (AvgIpc) is 3.67. The summed E-state index contributed by atoms with van der Waals surface area (Å²) in [6, 6.07) is 31.7. The number of ether oxygens (including phenoxy) is 6. The molecule has 1 aliphatic heterocycles. The maximum Gasteiger partial charge on any atom is 0.338 e. The number of rotatable bonds is 43. The molecule has 0 radical (unpaired) electrons. The Balaban J connectivity index is 1.35. The van der Waals surface area contributed by atoms with Crippen LogP contribution in [0.2, 0.25) is 0 Å². The van der Waals surface area contributed by atoms with E-state index in [9.17, 15) is 29.1 Å². The Morgan fingerprint density at radius 2 is 0.831 bits per heavy atom. The highest BCUT2D eigenvalue weighted by Crippen LogP contribution is 2.32. The fourth-order valence-electron chi connectivity index (χ4n) is 10.3. The van der Waals surface area contributed by atoms with Crippen LogP contribution in [0.3, 0.4) is 0 Å². The summed E-state index contributed by atoms with van der Waals surface area (Å²) in [6.07, 6.45) is 26.9. The quantitative estimate of drug-likeness (QED) is 0.0186. The van der Waals surface area contributed by atoms with E-state index in [-0.39, 0.29) is 41.2 Å². The van der Waals surface area contributed by atoms with Crippen LogP contribution in [0.4, 0.5) is 0 Å². The predicted molar refractivity (Wildman–Crippen MR) is 326 cm³/mol. The Kier molecular flexibility index (Phi) is 34.0. The van der Waals surface area contributed by atoms with Crippen molar-refractivity contribution in [3.05, 3.63) is 156 Å². The molecule has 83 heavy (non-hydrogen) atoms. The van der Waals surface area contributed by atoms with Gasteiger partial charge in [0.1, 0.15) is 12.7 Å². The Bertz CT molecular complexity index is 2400. The van der Waals surface area contributed by atoms with E-state index in [4.69, 9.17) is 28.4 Å². The molecule has 0 saturated carbocycles. The Morgan fingerprint density at radius 3 is 1.25 bits per heavy atom. The minimum atomic E-state index is -1.64. The molecular formula is C70H97NO12. The maximum absolute atomic E-state index is 14.2. The summed E-state index contributed by atoms with van der Waals surface area (Å²) >= 11 is 0. The number of esters is 4. The van der Waals surface area contributed by atoms with E-state index >= 15 is 0 Å². The highest BCUT2D eigenvalue weighted by Gasteiger charge is 2.54. The van der Waals surface area contributed by atoms with Crippen molar-refractivity contribution in [1.29, 1.82) is 0 Å². The zero-order chi connectivity index (χ0) is 59.0. The third kappa shape index (κ3) is 27.0. The summed E-state index contributed by atoms with van der Waals surface area (Å²) in [6.45, 7) is 3.58. The number of aliphatic hydroxyl groups excluding tert-OH is 1. The van der Waals surface area contributed by atoms with Gasteiger partial charge in [0.05, 0.1) is 41.0 Å². The van der Waals surface area contributed by atoms with E-state index in [2.05, 4.69) is 19.2 Å². The third-order valence-corrected chi connectivity index (χ3v) is 15.3. The van der Waals surface area contributed by atoms with Crippen molar-refractivity contribution in [3.63, 3.8) is 0 Å². The molecule has 4 aromatic carbocycles. The van der Waals surface area contributed by atoms with Gasteiger partial charge in [-0.2, -0.15) is 0 Å². The smallest absolute Gasteiger partial charge is 0.338 e. The monoisotopic (exact) mass is 1140 g/mol. The largest absolute Gasteiger partial charge is 0.459 e. The number of hydrogen-bond acceptors (Lipinski definition) is 12. The number of amides is 1. The van der Waals surface area contributed by atoms with Crippen LogP contribution in [0.25, 0.3) is 0 Å². The lowest BCUT2D eigenvalue weighted by Gasteiger charge is -2.44. The van der Waals surface area contributed by atoms with Crippen LogP contribution in [0.5, 0.6) is 0 Å². The molecule has 1 saturated heterocycles. The first-order valence-corrected chi connectivity index (χ1v) is 31.6. The molecule has 454 valence electrons. The van der Waals surface area contributed by atoms with Gasteiger partial charge in [-0.3, -0.25) is 4.79 Å². The Labute approximate surface area is 496 Å². The molecule has 7 atom stereocenters. The van der Waals surface area contributed by atoms with Crippen LogP contribution in [0.1, 0.15) is 235 Å². The zero-order valence-corrected chi connectivity index (χ0v) is 49.9. The van der Waals surface area contributed by atoms with Crippen molar-refractivity contribution in [1.82, 2.24) is 5.32 Å². The number of benzene rings is 4. The van der Waals surface area contributed by atoms with Gasteiger partial charge >= 0.3 is 23.9 Å². The lowest BCUT2D eigenvalue weighted by Crippen LogP contribution is -2.63. The fraction of sp³-hybridized carbons (Fsp3) is 0.557. The number of aliphatic hydroxyl groups is 1. The Hall–Kier alpha value is -6.15. The highest BCUT2D eigenvalue weighted by molar-refractivity contribution is 5.91. The molecule has 0 aliphatic carbocycles. The minimum absolute atomic E-state index is 0.143. The predicted octanol–water partition coefficient (Wildman–Crippen LogP) is 15.6. The van der Waals surface area contributed by atoms with E-state index in [0.717, 1.165) is 44.9 Å². The molecule has 4 aromatic rings. The first-order chi connectivity index (χ1) is 40.7. The maximum atomic E-state index is 14.2. The van der Waals surface area contributed by atoms with Crippen molar-refractivity contribution in [2.45, 2.75) is 236 Å². The van der Waals surface area contributed by atoms with Gasteiger partial charge in [0.15, 0.2) is 24.6 Å². The molecule has 0 spiro atoms. The van der Waals surface area contributed by atoms with Gasteiger partial charge in [-0.05, 0) is 67.8 Å². The lowest BCUT2D eigenvalue weighted by atomic mass is 9.97. The van der Waals surface area contributed by atoms with Gasteiger partial charge < -0.3 is 38.8 Å². The molecule has 13 nitrogen and oxygen atoms in total. The van der Waals surface area contributed by atoms with Crippen molar-refractivity contribution in [2.24, 2.45) is 0 Å². The van der Waals surface area contributed by atoms with Gasteiger partial charge in [-0.1, -0.05) is 253 Å². The lowest BCUT2D eigenvalue weighted by molar-refractivity contribution is -0.300. The van der Waals surface area contributed by atoms with Crippen LogP contribution >= 0.6 is 0 Å². The van der Waals surface area contributed by atoms with Gasteiger partial charge in [0, 0.05) is 6.42 Å². The average molecular weight is 1140 g/mol. The summed E-state index contributed by atoms with van der Waals surface area (Å²) in [4.78, 5) is 69.8. The number of nitrogens with one attached hydrogen (secondary N) is 1. The van der Waals surface area contributed by atoms with Crippen LogP contribution < -0.4 is 5.32 Å². The second kappa shape index (κ2) is 41.8. The number of carbonyl (C=O) groups excluding carboxylic acids is 5. The molecule has 1 heterocycles. The van der Waals surface area contributed by atoms with Crippen LogP contribution in [0.15, 0.2) is 133 Å². The molecule has 5 rings (SSSR count). The van der Waals surface area contributed by atoms with E-state index in [0.29, 0.717) is 6.42 Å². The molecule has 2 N–H and O–H groups in total. The number of allylic oxidation sites excluding steroid dienone is 1. The minimum Gasteiger partial charge on any atom is -0.459 e. The zero-order valence-electron chi connectivity index (χ0n) is 49.9. The third-order valence-electron chi connectivity index (χ3n) is 15.3. The summed E-state index contributed by atoms with van der Waals surface area (Å²) in [5.41, 5.74) is 0.692. The van der Waals surface area contributed by atoms with Gasteiger partial charge in [-0.15, -0.1) is 0 Å².